The van der Waals surface area contributed by atoms with Gasteiger partial charge in [-0.25, -0.2) is 4.79 Å². The first-order valence-electron chi connectivity index (χ1n) is 8.37. The van der Waals surface area contributed by atoms with Gasteiger partial charge in [-0.15, -0.1) is 0 Å². The minimum Gasteiger partial charge on any atom is -0.338 e. The quantitative estimate of drug-likeness (QED) is 0.715. The van der Waals surface area contributed by atoms with Crippen LogP contribution in [0.5, 0.6) is 0 Å². The van der Waals surface area contributed by atoms with E-state index in [1.807, 2.05) is 58.0 Å². The second-order valence-electron chi connectivity index (χ2n) is 6.35. The molecule has 0 unspecified atom stereocenters. The molecule has 1 aliphatic rings. The predicted molar refractivity (Wildman–Crippen MR) is 101 cm³/mol. The SMILES string of the molecule is O=C(c1ccc(Br)cc1)N1CCC(n2c(=O)[nH]c3ccccc32)CC1. The number of fused-ring (bicyclic) bond motifs is 1. The molecule has 25 heavy (non-hydrogen) atoms. The molecule has 1 amide bonds. The van der Waals surface area contributed by atoms with Crippen LogP contribution in [-0.2, 0) is 0 Å². The Bertz CT molecular complexity index is 966. The highest BCUT2D eigenvalue weighted by Crippen LogP contribution is 2.25. The van der Waals surface area contributed by atoms with E-state index in [-0.39, 0.29) is 17.6 Å². The third-order valence-electron chi connectivity index (χ3n) is 4.83. The van der Waals surface area contributed by atoms with Crippen LogP contribution in [-0.4, -0.2) is 33.4 Å². The van der Waals surface area contributed by atoms with Gasteiger partial charge in [0, 0.05) is 29.2 Å². The molecule has 1 fully saturated rings. The summed E-state index contributed by atoms with van der Waals surface area (Å²) in [5.74, 6) is 0.0530. The molecule has 1 saturated heterocycles. The number of halogens is 1. The molecule has 0 radical (unpaired) electrons. The number of H-pyrrole nitrogens is 1. The molecule has 128 valence electrons. The van der Waals surface area contributed by atoms with E-state index < -0.39 is 0 Å². The summed E-state index contributed by atoms with van der Waals surface area (Å²) in [6, 6.07) is 15.3. The van der Waals surface area contributed by atoms with Crippen LogP contribution in [0.1, 0.15) is 29.2 Å². The minimum atomic E-state index is -0.0705. The van der Waals surface area contributed by atoms with Gasteiger partial charge in [-0.05, 0) is 49.2 Å². The summed E-state index contributed by atoms with van der Waals surface area (Å²) in [7, 11) is 0. The zero-order valence-electron chi connectivity index (χ0n) is 13.6. The van der Waals surface area contributed by atoms with Crippen molar-refractivity contribution in [1.29, 1.82) is 0 Å². The van der Waals surface area contributed by atoms with Crippen LogP contribution in [0.15, 0.2) is 57.8 Å². The van der Waals surface area contributed by atoms with Gasteiger partial charge >= 0.3 is 5.69 Å². The van der Waals surface area contributed by atoms with Crippen molar-refractivity contribution >= 4 is 32.9 Å². The molecule has 2 heterocycles. The lowest BCUT2D eigenvalue weighted by atomic mass is 10.0. The van der Waals surface area contributed by atoms with E-state index in [2.05, 4.69) is 20.9 Å². The number of aromatic amines is 1. The van der Waals surface area contributed by atoms with E-state index in [1.54, 1.807) is 0 Å². The normalized spacial score (nSPS) is 15.6. The van der Waals surface area contributed by atoms with E-state index in [0.29, 0.717) is 18.7 Å². The summed E-state index contributed by atoms with van der Waals surface area (Å²) in [6.07, 6.45) is 1.56. The summed E-state index contributed by atoms with van der Waals surface area (Å²) >= 11 is 3.39. The Hall–Kier alpha value is -2.34. The van der Waals surface area contributed by atoms with Crippen LogP contribution in [0.2, 0.25) is 0 Å². The number of amides is 1. The van der Waals surface area contributed by atoms with Crippen molar-refractivity contribution in [2.45, 2.75) is 18.9 Å². The van der Waals surface area contributed by atoms with Crippen molar-refractivity contribution in [3.05, 3.63) is 69.1 Å². The summed E-state index contributed by atoms with van der Waals surface area (Å²) in [5, 5.41) is 0. The van der Waals surface area contributed by atoms with E-state index in [0.717, 1.165) is 28.3 Å². The topological polar surface area (TPSA) is 58.1 Å². The summed E-state index contributed by atoms with van der Waals surface area (Å²) in [6.45, 7) is 1.32. The monoisotopic (exact) mass is 399 g/mol. The van der Waals surface area contributed by atoms with Gasteiger partial charge in [-0.3, -0.25) is 9.36 Å². The highest BCUT2D eigenvalue weighted by atomic mass is 79.9. The van der Waals surface area contributed by atoms with Crippen molar-refractivity contribution in [3.8, 4) is 0 Å². The number of aromatic nitrogens is 2. The number of hydrogen-bond acceptors (Lipinski definition) is 2. The lowest BCUT2D eigenvalue weighted by Gasteiger charge is -2.32. The van der Waals surface area contributed by atoms with Gasteiger partial charge in [0.2, 0.25) is 0 Å². The number of carbonyl (C=O) groups is 1. The maximum Gasteiger partial charge on any atom is 0.326 e. The number of carbonyl (C=O) groups excluding carboxylic acids is 1. The first-order valence-corrected chi connectivity index (χ1v) is 9.17. The lowest BCUT2D eigenvalue weighted by molar-refractivity contribution is 0.0695. The van der Waals surface area contributed by atoms with E-state index in [1.165, 1.54) is 0 Å². The molecule has 6 heteroatoms. The molecule has 3 aromatic rings. The van der Waals surface area contributed by atoms with Gasteiger partial charge in [0.05, 0.1) is 11.0 Å². The average molecular weight is 400 g/mol. The Balaban J connectivity index is 1.51. The molecule has 1 N–H and O–H groups in total. The van der Waals surface area contributed by atoms with E-state index >= 15 is 0 Å². The third-order valence-corrected chi connectivity index (χ3v) is 5.36. The molecular weight excluding hydrogens is 382 g/mol. The molecule has 1 aliphatic heterocycles. The van der Waals surface area contributed by atoms with Gasteiger partial charge < -0.3 is 9.88 Å². The highest BCUT2D eigenvalue weighted by molar-refractivity contribution is 9.10. The average Bonchev–Trinajstić information content (AvgIpc) is 2.97. The molecule has 5 nitrogen and oxygen atoms in total. The molecule has 4 rings (SSSR count). The second kappa shape index (κ2) is 6.52. The Labute approximate surface area is 153 Å². The Morgan fingerprint density at radius 1 is 1.04 bits per heavy atom. The highest BCUT2D eigenvalue weighted by Gasteiger charge is 2.26. The number of para-hydroxylation sites is 2. The van der Waals surface area contributed by atoms with Gasteiger partial charge in [0.25, 0.3) is 5.91 Å². The van der Waals surface area contributed by atoms with Gasteiger partial charge in [0.1, 0.15) is 0 Å². The third kappa shape index (κ3) is 3.02. The van der Waals surface area contributed by atoms with Crippen LogP contribution >= 0.6 is 15.9 Å². The fraction of sp³-hybridized carbons (Fsp3) is 0.263. The Kier molecular flexibility index (Phi) is 4.21. The number of nitrogens with zero attached hydrogens (tertiary/aromatic N) is 2. The summed E-state index contributed by atoms with van der Waals surface area (Å²) in [5.41, 5.74) is 2.43. The minimum absolute atomic E-state index is 0.0530. The number of likely N-dealkylation sites (tertiary alicyclic amines) is 1. The van der Waals surface area contributed by atoms with Gasteiger partial charge in [-0.1, -0.05) is 28.1 Å². The molecule has 0 aliphatic carbocycles. The fourth-order valence-electron chi connectivity index (χ4n) is 3.54. The van der Waals surface area contributed by atoms with Crippen molar-refractivity contribution < 1.29 is 4.79 Å². The smallest absolute Gasteiger partial charge is 0.326 e. The number of nitrogens with one attached hydrogen (secondary N) is 1. The first kappa shape index (κ1) is 16.1. The predicted octanol–water partition coefficient (Wildman–Crippen LogP) is 3.57. The van der Waals surface area contributed by atoms with Gasteiger partial charge in [0.15, 0.2) is 0 Å². The van der Waals surface area contributed by atoms with Crippen molar-refractivity contribution in [3.63, 3.8) is 0 Å². The standard InChI is InChI=1S/C19H18BrN3O2/c20-14-7-5-13(6-8-14)18(24)22-11-9-15(10-12-22)23-17-4-2-1-3-16(17)21-19(23)25/h1-8,15H,9-12H2,(H,21,25). The number of hydrogen-bond donors (Lipinski definition) is 1. The second-order valence-corrected chi connectivity index (χ2v) is 7.26. The van der Waals surface area contributed by atoms with Crippen molar-refractivity contribution in [1.82, 2.24) is 14.5 Å². The molecule has 0 saturated carbocycles. The summed E-state index contributed by atoms with van der Waals surface area (Å²) in [4.78, 5) is 29.7. The molecule has 0 bridgehead atoms. The van der Waals surface area contributed by atoms with Crippen LogP contribution < -0.4 is 5.69 Å². The van der Waals surface area contributed by atoms with E-state index in [4.69, 9.17) is 0 Å². The molecule has 1 aromatic heterocycles. The van der Waals surface area contributed by atoms with Crippen LogP contribution in [0.25, 0.3) is 11.0 Å². The summed E-state index contributed by atoms with van der Waals surface area (Å²) < 4.78 is 2.80. The lowest BCUT2D eigenvalue weighted by Crippen LogP contribution is -2.40. The van der Waals surface area contributed by atoms with Crippen molar-refractivity contribution in [2.24, 2.45) is 0 Å². The Morgan fingerprint density at radius 3 is 2.44 bits per heavy atom. The molecule has 0 spiro atoms. The number of imidazole rings is 1. The van der Waals surface area contributed by atoms with Crippen LogP contribution in [0.3, 0.4) is 0 Å². The fourth-order valence-corrected chi connectivity index (χ4v) is 3.80. The molecule has 0 atom stereocenters. The Morgan fingerprint density at radius 2 is 1.72 bits per heavy atom. The maximum atomic E-state index is 12.6. The van der Waals surface area contributed by atoms with Crippen molar-refractivity contribution in [2.75, 3.05) is 13.1 Å². The zero-order valence-corrected chi connectivity index (χ0v) is 15.2. The van der Waals surface area contributed by atoms with Crippen LogP contribution in [0.4, 0.5) is 0 Å². The van der Waals surface area contributed by atoms with Gasteiger partial charge in [-0.2, -0.15) is 0 Å². The zero-order chi connectivity index (χ0) is 17.4. The van der Waals surface area contributed by atoms with E-state index in [9.17, 15) is 9.59 Å². The molecular formula is C19H18BrN3O2. The number of benzene rings is 2. The molecule has 2 aromatic carbocycles. The largest absolute Gasteiger partial charge is 0.338 e. The van der Waals surface area contributed by atoms with Crippen LogP contribution in [0, 0.1) is 0 Å². The number of rotatable bonds is 2. The maximum absolute atomic E-state index is 12.6. The first-order chi connectivity index (χ1) is 12.1. The number of piperidine rings is 1.